The fourth-order valence-electron chi connectivity index (χ4n) is 3.42. The highest BCUT2D eigenvalue weighted by Crippen LogP contribution is 2.55. The molecule has 1 aromatic heterocycles. The predicted molar refractivity (Wildman–Crippen MR) is 65.4 cm³/mol. The molecule has 0 saturated heterocycles. The molecule has 0 bridgehead atoms. The second-order valence-corrected chi connectivity index (χ2v) is 6.09. The van der Waals surface area contributed by atoms with Crippen LogP contribution in [0.25, 0.3) is 0 Å². The van der Waals surface area contributed by atoms with Gasteiger partial charge >= 0.3 is 0 Å². The van der Waals surface area contributed by atoms with Crippen LogP contribution < -0.4 is 0 Å². The van der Waals surface area contributed by atoms with Gasteiger partial charge in [-0.05, 0) is 48.1 Å². The first-order chi connectivity index (χ1) is 7.54. The molecule has 0 aromatic carbocycles. The lowest BCUT2D eigenvalue weighted by atomic mass is 9.54. The molecular formula is C15H20O. The van der Waals surface area contributed by atoms with E-state index in [4.69, 9.17) is 4.42 Å². The van der Waals surface area contributed by atoms with Crippen molar-refractivity contribution in [1.82, 2.24) is 0 Å². The highest BCUT2D eigenvalue weighted by molar-refractivity contribution is 5.35. The van der Waals surface area contributed by atoms with E-state index in [2.05, 4.69) is 32.9 Å². The lowest BCUT2D eigenvalue weighted by molar-refractivity contribution is 0.0768. The highest BCUT2D eigenvalue weighted by atomic mass is 16.3. The molecule has 0 radical (unpaired) electrons. The van der Waals surface area contributed by atoms with Crippen LogP contribution in [-0.2, 0) is 12.8 Å². The van der Waals surface area contributed by atoms with Crippen molar-refractivity contribution in [2.24, 2.45) is 10.8 Å². The first-order valence-corrected chi connectivity index (χ1v) is 6.28. The first-order valence-electron chi connectivity index (χ1n) is 6.28. The fraction of sp³-hybridized carbons (Fsp3) is 0.600. The first kappa shape index (κ1) is 10.2. The van der Waals surface area contributed by atoms with Crippen LogP contribution in [0.15, 0.2) is 22.8 Å². The third-order valence-electron chi connectivity index (χ3n) is 5.01. The average Bonchev–Trinajstić information content (AvgIpc) is 2.56. The Hall–Kier alpha value is -0.980. The number of aryl methyl sites for hydroxylation is 1. The molecule has 3 rings (SSSR count). The molecule has 16 heavy (non-hydrogen) atoms. The molecule has 0 spiro atoms. The molecular weight excluding hydrogens is 196 g/mol. The molecule has 2 atom stereocenters. The summed E-state index contributed by atoms with van der Waals surface area (Å²) in [6.45, 7) is 7.01. The van der Waals surface area contributed by atoms with Gasteiger partial charge in [0, 0.05) is 6.42 Å². The molecule has 0 N–H and O–H groups in total. The van der Waals surface area contributed by atoms with E-state index in [0.29, 0.717) is 10.8 Å². The van der Waals surface area contributed by atoms with Gasteiger partial charge in [0.15, 0.2) is 0 Å². The van der Waals surface area contributed by atoms with Gasteiger partial charge in [0.1, 0.15) is 5.76 Å². The van der Waals surface area contributed by atoms with Crippen LogP contribution in [0.2, 0.25) is 0 Å². The van der Waals surface area contributed by atoms with E-state index in [9.17, 15) is 0 Å². The summed E-state index contributed by atoms with van der Waals surface area (Å²) in [5, 5.41) is 0. The second-order valence-electron chi connectivity index (χ2n) is 6.09. The van der Waals surface area contributed by atoms with Crippen LogP contribution in [0.4, 0.5) is 0 Å². The molecule has 0 saturated carbocycles. The van der Waals surface area contributed by atoms with Gasteiger partial charge in [0.25, 0.3) is 0 Å². The fourth-order valence-corrected chi connectivity index (χ4v) is 3.42. The monoisotopic (exact) mass is 216 g/mol. The minimum absolute atomic E-state index is 0.326. The van der Waals surface area contributed by atoms with E-state index in [1.54, 1.807) is 0 Å². The number of rotatable bonds is 0. The number of hydrogen-bond acceptors (Lipinski definition) is 1. The molecule has 2 aliphatic carbocycles. The maximum absolute atomic E-state index is 5.72. The molecule has 0 fully saturated rings. The summed E-state index contributed by atoms with van der Waals surface area (Å²) >= 11 is 0. The van der Waals surface area contributed by atoms with Crippen molar-refractivity contribution in [2.75, 3.05) is 0 Å². The Kier molecular flexibility index (Phi) is 1.93. The van der Waals surface area contributed by atoms with Crippen LogP contribution in [0.5, 0.6) is 0 Å². The Balaban J connectivity index is 2.12. The maximum atomic E-state index is 5.72. The van der Waals surface area contributed by atoms with E-state index in [1.165, 1.54) is 29.7 Å². The summed E-state index contributed by atoms with van der Waals surface area (Å²) in [4.78, 5) is 0. The third-order valence-corrected chi connectivity index (χ3v) is 5.01. The zero-order valence-electron chi connectivity index (χ0n) is 10.5. The summed E-state index contributed by atoms with van der Waals surface area (Å²) in [5.41, 5.74) is 3.51. The molecule has 0 aliphatic heterocycles. The SMILES string of the molecule is Cc1coc2c1C[C@@]1(C)C=CCC[C@]1(C)C2. The van der Waals surface area contributed by atoms with Crippen LogP contribution in [-0.4, -0.2) is 0 Å². The third kappa shape index (κ3) is 1.17. The number of fused-ring (bicyclic) bond motifs is 2. The molecule has 1 heterocycles. The molecule has 86 valence electrons. The second kappa shape index (κ2) is 3.03. The summed E-state index contributed by atoms with van der Waals surface area (Å²) in [6, 6.07) is 0. The smallest absolute Gasteiger partial charge is 0.107 e. The maximum Gasteiger partial charge on any atom is 0.107 e. The Morgan fingerprint density at radius 2 is 2.06 bits per heavy atom. The predicted octanol–water partition coefficient (Wildman–Crippen LogP) is 4.05. The molecule has 1 heteroatoms. The van der Waals surface area contributed by atoms with Gasteiger partial charge in [-0.15, -0.1) is 0 Å². The minimum Gasteiger partial charge on any atom is -0.469 e. The van der Waals surface area contributed by atoms with E-state index in [-0.39, 0.29) is 0 Å². The Bertz CT molecular complexity index is 454. The van der Waals surface area contributed by atoms with Crippen molar-refractivity contribution >= 4 is 0 Å². The van der Waals surface area contributed by atoms with Gasteiger partial charge in [-0.3, -0.25) is 0 Å². The lowest BCUT2D eigenvalue weighted by Crippen LogP contribution is -2.44. The normalized spacial score (nSPS) is 36.9. The van der Waals surface area contributed by atoms with Crippen molar-refractivity contribution in [3.8, 4) is 0 Å². The molecule has 0 unspecified atom stereocenters. The van der Waals surface area contributed by atoms with Crippen molar-refractivity contribution in [3.05, 3.63) is 35.3 Å². The average molecular weight is 216 g/mol. The van der Waals surface area contributed by atoms with E-state index in [1.807, 2.05) is 6.26 Å². The Morgan fingerprint density at radius 3 is 2.88 bits per heavy atom. The van der Waals surface area contributed by atoms with E-state index in [0.717, 1.165) is 12.8 Å². The zero-order valence-corrected chi connectivity index (χ0v) is 10.5. The van der Waals surface area contributed by atoms with Gasteiger partial charge in [-0.2, -0.15) is 0 Å². The van der Waals surface area contributed by atoms with E-state index < -0.39 is 0 Å². The summed E-state index contributed by atoms with van der Waals surface area (Å²) < 4.78 is 5.72. The van der Waals surface area contributed by atoms with Gasteiger partial charge in [-0.25, -0.2) is 0 Å². The summed E-state index contributed by atoms with van der Waals surface area (Å²) in [6.07, 6.45) is 11.5. The van der Waals surface area contributed by atoms with Gasteiger partial charge in [-0.1, -0.05) is 26.0 Å². The molecule has 1 aromatic rings. The zero-order chi connectivity index (χ0) is 11.4. The topological polar surface area (TPSA) is 13.1 Å². The number of furan rings is 1. The van der Waals surface area contributed by atoms with Crippen molar-refractivity contribution in [3.63, 3.8) is 0 Å². The highest BCUT2D eigenvalue weighted by Gasteiger charge is 2.48. The van der Waals surface area contributed by atoms with Gasteiger partial charge in [0.05, 0.1) is 6.26 Å². The Morgan fingerprint density at radius 1 is 1.25 bits per heavy atom. The van der Waals surface area contributed by atoms with Crippen molar-refractivity contribution < 1.29 is 4.42 Å². The van der Waals surface area contributed by atoms with E-state index >= 15 is 0 Å². The standard InChI is InChI=1S/C15H20O/c1-11-10-16-13-9-15(3)7-5-4-6-14(15,2)8-12(11)13/h4,6,10H,5,7-9H2,1-3H3/t14-,15-/m1/s1. The largest absolute Gasteiger partial charge is 0.469 e. The number of hydrogen-bond donors (Lipinski definition) is 0. The molecule has 1 nitrogen and oxygen atoms in total. The van der Waals surface area contributed by atoms with Gasteiger partial charge in [0.2, 0.25) is 0 Å². The van der Waals surface area contributed by atoms with Crippen LogP contribution in [0.3, 0.4) is 0 Å². The van der Waals surface area contributed by atoms with Crippen molar-refractivity contribution in [1.29, 1.82) is 0 Å². The van der Waals surface area contributed by atoms with Crippen LogP contribution >= 0.6 is 0 Å². The molecule has 0 amide bonds. The van der Waals surface area contributed by atoms with Crippen LogP contribution in [0.1, 0.15) is 43.6 Å². The quantitative estimate of drug-likeness (QED) is 0.596. The summed E-state index contributed by atoms with van der Waals surface area (Å²) in [5.74, 6) is 1.24. The van der Waals surface area contributed by atoms with Gasteiger partial charge < -0.3 is 4.42 Å². The Labute approximate surface area is 97.5 Å². The van der Waals surface area contributed by atoms with Crippen LogP contribution in [0, 0.1) is 17.8 Å². The van der Waals surface area contributed by atoms with Crippen molar-refractivity contribution in [2.45, 2.75) is 46.5 Å². The lowest BCUT2D eigenvalue weighted by Gasteiger charge is -2.50. The molecule has 2 aliphatic rings. The number of allylic oxidation sites excluding steroid dienone is 2. The summed E-state index contributed by atoms with van der Waals surface area (Å²) in [7, 11) is 0. The minimum atomic E-state index is 0.326.